The second-order valence-electron chi connectivity index (χ2n) is 5.96. The molecule has 132 valence electrons. The van der Waals surface area contributed by atoms with E-state index in [-0.39, 0.29) is 5.56 Å². The number of aromatic nitrogens is 2. The third-order valence-corrected chi connectivity index (χ3v) is 4.66. The quantitative estimate of drug-likeness (QED) is 0.730. The van der Waals surface area contributed by atoms with Gasteiger partial charge >= 0.3 is 5.97 Å². The molecule has 1 aliphatic rings. The minimum Gasteiger partial charge on any atom is -0.496 e. The molecule has 0 atom stereocenters. The topological polar surface area (TPSA) is 76.4 Å². The summed E-state index contributed by atoms with van der Waals surface area (Å²) in [5.74, 6) is 0.657. The van der Waals surface area contributed by atoms with Crippen molar-refractivity contribution in [3.8, 4) is 22.7 Å². The molecule has 0 saturated heterocycles. The van der Waals surface area contributed by atoms with Gasteiger partial charge in [-0.25, -0.2) is 9.48 Å². The smallest absolute Gasteiger partial charge is 0.335 e. The molecule has 0 aliphatic carbocycles. The molecule has 0 spiro atoms. The maximum absolute atomic E-state index is 11.1. The Morgan fingerprint density at radius 3 is 2.73 bits per heavy atom. The van der Waals surface area contributed by atoms with Crippen LogP contribution in [-0.4, -0.2) is 34.5 Å². The Labute approximate surface area is 155 Å². The van der Waals surface area contributed by atoms with Gasteiger partial charge < -0.3 is 15.2 Å². The van der Waals surface area contributed by atoms with Crippen molar-refractivity contribution in [2.75, 3.05) is 19.0 Å². The fourth-order valence-corrected chi connectivity index (χ4v) is 3.36. The summed E-state index contributed by atoms with van der Waals surface area (Å²) in [6.07, 6.45) is 0.841. The highest BCUT2D eigenvalue weighted by Gasteiger charge is 2.25. The number of benzene rings is 2. The number of nitrogens with one attached hydrogen (secondary N) is 1. The molecule has 1 aliphatic heterocycles. The summed E-state index contributed by atoms with van der Waals surface area (Å²) in [6, 6.07) is 12.1. The molecule has 26 heavy (non-hydrogen) atoms. The van der Waals surface area contributed by atoms with Gasteiger partial charge in [0.25, 0.3) is 0 Å². The lowest BCUT2D eigenvalue weighted by Gasteiger charge is -2.08. The number of halogens is 1. The van der Waals surface area contributed by atoms with Gasteiger partial charge in [0.1, 0.15) is 17.3 Å². The lowest BCUT2D eigenvalue weighted by atomic mass is 10.1. The third kappa shape index (κ3) is 2.68. The predicted octanol–water partition coefficient (Wildman–Crippen LogP) is 3.87. The summed E-state index contributed by atoms with van der Waals surface area (Å²) in [5.41, 5.74) is 3.76. The van der Waals surface area contributed by atoms with E-state index in [1.54, 1.807) is 42.1 Å². The molecule has 1 aromatic heterocycles. The summed E-state index contributed by atoms with van der Waals surface area (Å²) in [6.45, 7) is 0.816. The minimum atomic E-state index is -0.954. The van der Waals surface area contributed by atoms with Gasteiger partial charge in [-0.3, -0.25) is 0 Å². The summed E-state index contributed by atoms with van der Waals surface area (Å²) < 4.78 is 7.27. The Hall–Kier alpha value is -2.99. The summed E-state index contributed by atoms with van der Waals surface area (Å²) in [5, 5.41) is 17.8. The number of hydrogen-bond donors (Lipinski definition) is 2. The number of hydrogen-bond acceptors (Lipinski definition) is 4. The van der Waals surface area contributed by atoms with E-state index in [0.29, 0.717) is 10.8 Å². The highest BCUT2D eigenvalue weighted by atomic mass is 35.5. The van der Waals surface area contributed by atoms with Crippen molar-refractivity contribution in [1.82, 2.24) is 9.78 Å². The number of carboxylic acid groups (broad SMARTS) is 1. The average molecular weight is 370 g/mol. The number of aromatic carboxylic acids is 1. The standard InChI is InChI=1S/C19H16ClN3O3/c1-26-16-7-4-12(20)10-15(16)17-14-8-9-21-18(14)23(22-17)13-5-2-11(3-6-13)19(24)25/h2-7,10,21H,8-9H2,1H3,(H,24,25). The van der Waals surface area contributed by atoms with Crippen LogP contribution in [0.2, 0.25) is 5.02 Å². The van der Waals surface area contributed by atoms with Crippen LogP contribution in [0.1, 0.15) is 15.9 Å². The van der Waals surface area contributed by atoms with E-state index in [0.717, 1.165) is 41.3 Å². The van der Waals surface area contributed by atoms with Gasteiger partial charge in [-0.2, -0.15) is 5.10 Å². The molecule has 0 amide bonds. The van der Waals surface area contributed by atoms with Crippen molar-refractivity contribution < 1.29 is 14.6 Å². The summed E-state index contributed by atoms with van der Waals surface area (Å²) in [7, 11) is 1.62. The number of carbonyl (C=O) groups is 1. The SMILES string of the molecule is COc1ccc(Cl)cc1-c1nn(-c2ccc(C(=O)O)cc2)c2c1CCN2. The average Bonchev–Trinajstić information content (AvgIpc) is 3.24. The van der Waals surface area contributed by atoms with Gasteiger partial charge in [-0.15, -0.1) is 0 Å². The van der Waals surface area contributed by atoms with Crippen molar-refractivity contribution in [1.29, 1.82) is 0 Å². The molecular formula is C19H16ClN3O3. The molecule has 0 bridgehead atoms. The highest BCUT2D eigenvalue weighted by Crippen LogP contribution is 2.39. The third-order valence-electron chi connectivity index (χ3n) is 4.43. The summed E-state index contributed by atoms with van der Waals surface area (Å²) in [4.78, 5) is 11.1. The Bertz CT molecular complexity index is 996. The lowest BCUT2D eigenvalue weighted by molar-refractivity contribution is 0.0697. The van der Waals surface area contributed by atoms with Crippen LogP contribution in [0.5, 0.6) is 5.75 Å². The molecule has 6 nitrogen and oxygen atoms in total. The van der Waals surface area contributed by atoms with E-state index in [2.05, 4.69) is 5.32 Å². The van der Waals surface area contributed by atoms with Crippen molar-refractivity contribution in [2.24, 2.45) is 0 Å². The molecule has 0 radical (unpaired) electrons. The second kappa shape index (κ2) is 6.38. The molecule has 3 aromatic rings. The highest BCUT2D eigenvalue weighted by molar-refractivity contribution is 6.31. The van der Waals surface area contributed by atoms with Crippen molar-refractivity contribution >= 4 is 23.4 Å². The number of ether oxygens (including phenoxy) is 1. The van der Waals surface area contributed by atoms with Crippen LogP contribution in [0.15, 0.2) is 42.5 Å². The van der Waals surface area contributed by atoms with Crippen LogP contribution in [0.3, 0.4) is 0 Å². The number of rotatable bonds is 4. The molecule has 2 aromatic carbocycles. The van der Waals surface area contributed by atoms with Gasteiger partial charge in [-0.1, -0.05) is 11.6 Å². The molecule has 0 unspecified atom stereocenters. The molecule has 0 saturated carbocycles. The van der Waals surface area contributed by atoms with E-state index in [4.69, 9.17) is 26.5 Å². The maximum atomic E-state index is 11.1. The first-order valence-electron chi connectivity index (χ1n) is 8.12. The first-order valence-corrected chi connectivity index (χ1v) is 8.49. The van der Waals surface area contributed by atoms with E-state index < -0.39 is 5.97 Å². The fraction of sp³-hybridized carbons (Fsp3) is 0.158. The molecule has 2 N–H and O–H groups in total. The molecule has 2 heterocycles. The number of carboxylic acids is 1. The first-order chi connectivity index (χ1) is 12.6. The minimum absolute atomic E-state index is 0.238. The van der Waals surface area contributed by atoms with E-state index in [1.807, 2.05) is 12.1 Å². The number of methoxy groups -OCH3 is 1. The largest absolute Gasteiger partial charge is 0.496 e. The Morgan fingerprint density at radius 1 is 1.27 bits per heavy atom. The number of nitrogens with zero attached hydrogens (tertiary/aromatic N) is 2. The zero-order valence-corrected chi connectivity index (χ0v) is 14.7. The fourth-order valence-electron chi connectivity index (χ4n) is 3.19. The van der Waals surface area contributed by atoms with Crippen molar-refractivity contribution in [2.45, 2.75) is 6.42 Å². The van der Waals surface area contributed by atoms with E-state index in [1.165, 1.54) is 0 Å². The maximum Gasteiger partial charge on any atom is 0.335 e. The van der Waals surface area contributed by atoms with Crippen LogP contribution in [-0.2, 0) is 6.42 Å². The number of anilines is 1. The monoisotopic (exact) mass is 369 g/mol. The Balaban J connectivity index is 1.86. The Morgan fingerprint density at radius 2 is 2.04 bits per heavy atom. The second-order valence-corrected chi connectivity index (χ2v) is 6.40. The van der Waals surface area contributed by atoms with Crippen LogP contribution in [0.4, 0.5) is 5.82 Å². The van der Waals surface area contributed by atoms with Crippen LogP contribution in [0, 0.1) is 0 Å². The zero-order chi connectivity index (χ0) is 18.3. The van der Waals surface area contributed by atoms with Crippen LogP contribution < -0.4 is 10.1 Å². The van der Waals surface area contributed by atoms with Gasteiger partial charge in [-0.05, 0) is 48.9 Å². The van der Waals surface area contributed by atoms with Crippen LogP contribution in [0.25, 0.3) is 16.9 Å². The Kier molecular flexibility index (Phi) is 4.05. The first kappa shape index (κ1) is 16.5. The normalized spacial score (nSPS) is 12.5. The van der Waals surface area contributed by atoms with Gasteiger partial charge in [0, 0.05) is 22.7 Å². The molecule has 0 fully saturated rings. The van der Waals surface area contributed by atoms with Gasteiger partial charge in [0.2, 0.25) is 0 Å². The lowest BCUT2D eigenvalue weighted by Crippen LogP contribution is -2.05. The summed E-state index contributed by atoms with van der Waals surface area (Å²) >= 11 is 6.18. The number of fused-ring (bicyclic) bond motifs is 1. The van der Waals surface area contributed by atoms with Crippen molar-refractivity contribution in [3.63, 3.8) is 0 Å². The van der Waals surface area contributed by atoms with E-state index >= 15 is 0 Å². The molecule has 4 rings (SSSR count). The predicted molar refractivity (Wildman–Crippen MR) is 99.7 cm³/mol. The van der Waals surface area contributed by atoms with Crippen molar-refractivity contribution in [3.05, 3.63) is 58.6 Å². The molecular weight excluding hydrogens is 354 g/mol. The zero-order valence-electron chi connectivity index (χ0n) is 14.0. The van der Waals surface area contributed by atoms with E-state index in [9.17, 15) is 4.79 Å². The van der Waals surface area contributed by atoms with Crippen LogP contribution >= 0.6 is 11.6 Å². The molecule has 7 heteroatoms. The van der Waals surface area contributed by atoms with Gasteiger partial charge in [0.05, 0.1) is 18.4 Å². The van der Waals surface area contributed by atoms with Gasteiger partial charge in [0.15, 0.2) is 0 Å².